The quantitative estimate of drug-likeness (QED) is 0.117. The second-order valence-corrected chi connectivity index (χ2v) is 10.6. The highest BCUT2D eigenvalue weighted by Crippen LogP contribution is 2.43. The third kappa shape index (κ3) is 5.98. The van der Waals surface area contributed by atoms with Crippen LogP contribution in [-0.4, -0.2) is 138 Å². The first kappa shape index (κ1) is 33.4. The number of benzene rings is 2. The van der Waals surface area contributed by atoms with E-state index in [0.29, 0.717) is 0 Å². The number of hydrogen-bond acceptors (Lipinski definition) is 18. The molecule has 18 nitrogen and oxygen atoms in total. The molecule has 2 saturated heterocycles. The number of phenolic OH excluding ortho intramolecular Hbond substituents is 4. The molecule has 0 aliphatic carbocycles. The van der Waals surface area contributed by atoms with Gasteiger partial charge in [0.05, 0.1) is 20.3 Å². The van der Waals surface area contributed by atoms with Crippen molar-refractivity contribution in [1.29, 1.82) is 0 Å². The minimum atomic E-state index is -2.03. The Bertz CT molecular complexity index is 1600. The lowest BCUT2D eigenvalue weighted by molar-refractivity contribution is -0.323. The summed E-state index contributed by atoms with van der Waals surface area (Å²) in [5.41, 5.74) is -1.64. The summed E-state index contributed by atoms with van der Waals surface area (Å²) in [4.78, 5) is 13.7. The molecular formula is C28H32O18. The molecule has 18 heteroatoms. The van der Waals surface area contributed by atoms with Crippen LogP contribution in [0.2, 0.25) is 0 Å². The Morgan fingerprint density at radius 1 is 0.717 bits per heavy atom. The largest absolute Gasteiger partial charge is 0.508 e. The van der Waals surface area contributed by atoms with Crippen molar-refractivity contribution in [1.82, 2.24) is 0 Å². The molecule has 3 aromatic rings. The van der Waals surface area contributed by atoms with E-state index in [2.05, 4.69) is 0 Å². The molecule has 0 amide bonds. The number of hydrogen-bond donors (Lipinski definition) is 11. The number of aromatic hydroxyl groups is 4. The third-order valence-electron chi connectivity index (χ3n) is 7.61. The third-order valence-corrected chi connectivity index (χ3v) is 7.61. The molecule has 2 fully saturated rings. The topological polar surface area (TPSA) is 299 Å². The fourth-order valence-corrected chi connectivity index (χ4v) is 5.17. The summed E-state index contributed by atoms with van der Waals surface area (Å²) in [6.45, 7) is -1.45. The number of rotatable bonds is 8. The number of fused-ring (bicyclic) bond motifs is 1. The van der Waals surface area contributed by atoms with Crippen molar-refractivity contribution in [3.63, 3.8) is 0 Å². The maximum atomic E-state index is 13.7. The van der Waals surface area contributed by atoms with E-state index in [1.54, 1.807) is 0 Å². The van der Waals surface area contributed by atoms with Gasteiger partial charge in [0, 0.05) is 17.7 Å². The van der Waals surface area contributed by atoms with Crippen LogP contribution in [0.4, 0.5) is 0 Å². The maximum absolute atomic E-state index is 13.7. The monoisotopic (exact) mass is 656 g/mol. The van der Waals surface area contributed by atoms with Gasteiger partial charge in [-0.25, -0.2) is 0 Å². The van der Waals surface area contributed by atoms with Gasteiger partial charge in [-0.05, 0) is 12.1 Å². The van der Waals surface area contributed by atoms with Crippen molar-refractivity contribution in [2.24, 2.45) is 0 Å². The zero-order valence-electron chi connectivity index (χ0n) is 23.8. The second-order valence-electron chi connectivity index (χ2n) is 10.6. The molecule has 11 N–H and O–H groups in total. The Balaban J connectivity index is 1.50. The molecule has 3 heterocycles. The summed E-state index contributed by atoms with van der Waals surface area (Å²) in [5.74, 6) is -4.02. The first-order valence-corrected chi connectivity index (χ1v) is 13.7. The van der Waals surface area contributed by atoms with Gasteiger partial charge in [0.15, 0.2) is 23.5 Å². The predicted molar refractivity (Wildman–Crippen MR) is 148 cm³/mol. The number of ether oxygens (including phenoxy) is 5. The van der Waals surface area contributed by atoms with Crippen LogP contribution in [0.1, 0.15) is 0 Å². The molecule has 1 aromatic heterocycles. The van der Waals surface area contributed by atoms with Crippen molar-refractivity contribution in [3.05, 3.63) is 34.5 Å². The van der Waals surface area contributed by atoms with Gasteiger partial charge in [-0.15, -0.1) is 0 Å². The highest BCUT2D eigenvalue weighted by atomic mass is 16.7. The first-order chi connectivity index (χ1) is 21.8. The van der Waals surface area contributed by atoms with Crippen LogP contribution in [0.15, 0.2) is 33.5 Å². The molecule has 0 spiro atoms. The van der Waals surface area contributed by atoms with Crippen LogP contribution in [-0.2, 0) is 14.2 Å². The van der Waals surface area contributed by atoms with Crippen molar-refractivity contribution < 1.29 is 84.3 Å². The molecule has 2 aromatic carbocycles. The molecule has 5 rings (SSSR count). The summed E-state index contributed by atoms with van der Waals surface area (Å²) in [6, 6.07) is 3.87. The zero-order valence-corrected chi connectivity index (χ0v) is 23.8. The average molecular weight is 657 g/mol. The van der Waals surface area contributed by atoms with E-state index in [4.69, 9.17) is 28.1 Å². The lowest BCUT2D eigenvalue weighted by Gasteiger charge is -2.42. The van der Waals surface area contributed by atoms with Gasteiger partial charge < -0.3 is 84.3 Å². The first-order valence-electron chi connectivity index (χ1n) is 13.7. The van der Waals surface area contributed by atoms with E-state index >= 15 is 0 Å². The van der Waals surface area contributed by atoms with Crippen LogP contribution in [0.5, 0.6) is 34.5 Å². The van der Waals surface area contributed by atoms with Crippen LogP contribution >= 0.6 is 0 Å². The van der Waals surface area contributed by atoms with E-state index in [1.807, 2.05) is 0 Å². The smallest absolute Gasteiger partial charge is 0.239 e. The summed E-state index contributed by atoms with van der Waals surface area (Å²) in [7, 11) is 1.17. The number of aliphatic hydroxyl groups excluding tert-OH is 7. The highest BCUT2D eigenvalue weighted by molar-refractivity contribution is 5.88. The van der Waals surface area contributed by atoms with Gasteiger partial charge in [0.1, 0.15) is 71.3 Å². The average Bonchev–Trinajstić information content (AvgIpc) is 3.00. The van der Waals surface area contributed by atoms with Crippen LogP contribution in [0, 0.1) is 0 Å². The molecule has 0 unspecified atom stereocenters. The van der Waals surface area contributed by atoms with Gasteiger partial charge in [0.25, 0.3) is 0 Å². The Morgan fingerprint density at radius 3 is 1.91 bits per heavy atom. The van der Waals surface area contributed by atoms with Crippen molar-refractivity contribution in [2.75, 3.05) is 20.3 Å². The number of aliphatic hydroxyl groups is 7. The Kier molecular flexibility index (Phi) is 9.47. The molecular weight excluding hydrogens is 624 g/mol. The van der Waals surface area contributed by atoms with E-state index in [-0.39, 0.29) is 16.9 Å². The fraction of sp³-hybridized carbons (Fsp3) is 0.464. The second kappa shape index (κ2) is 13.0. The fourth-order valence-electron chi connectivity index (χ4n) is 5.17. The minimum absolute atomic E-state index is 0.194. The summed E-state index contributed by atoms with van der Waals surface area (Å²) >= 11 is 0. The van der Waals surface area contributed by atoms with E-state index < -0.39 is 120 Å². The maximum Gasteiger partial charge on any atom is 0.239 e. The molecule has 0 bridgehead atoms. The van der Waals surface area contributed by atoms with E-state index in [0.717, 1.165) is 24.3 Å². The molecule has 2 aliphatic rings. The molecule has 10 atom stereocenters. The Labute approximate surface area is 257 Å². The minimum Gasteiger partial charge on any atom is -0.508 e. The summed E-state index contributed by atoms with van der Waals surface area (Å²) in [6.07, 6.45) is -17.6. The molecule has 2 aliphatic heterocycles. The standard InChI is InChI=1S/C28H32O18/c1-41-25-11(32)2-8(3-12(25)33)24-26(19(36)16-10(31)4-9(30)5-13(16)43-24)46-28-23(40)21(38)18(35)15(45-28)7-42-27-22(39)20(37)17(34)14(6-29)44-27/h2-5,14-15,17-18,20-23,27-35,37-40H,6-7H2,1H3/t14-,15-,17-,18-,20+,21+,22-,23-,27-,28+/m1/s1. The van der Waals surface area contributed by atoms with Gasteiger partial charge in [-0.2, -0.15) is 0 Å². The summed E-state index contributed by atoms with van der Waals surface area (Å²) < 4.78 is 32.6. The van der Waals surface area contributed by atoms with Gasteiger partial charge in [-0.1, -0.05) is 0 Å². The Morgan fingerprint density at radius 2 is 1.30 bits per heavy atom. The summed E-state index contributed by atoms with van der Waals surface area (Å²) in [5, 5.41) is 112. The van der Waals surface area contributed by atoms with Crippen LogP contribution in [0.3, 0.4) is 0 Å². The van der Waals surface area contributed by atoms with Gasteiger partial charge >= 0.3 is 0 Å². The van der Waals surface area contributed by atoms with E-state index in [9.17, 15) is 61.0 Å². The van der Waals surface area contributed by atoms with Crippen LogP contribution < -0.4 is 14.9 Å². The van der Waals surface area contributed by atoms with Crippen LogP contribution in [0.25, 0.3) is 22.3 Å². The molecule has 46 heavy (non-hydrogen) atoms. The van der Waals surface area contributed by atoms with Gasteiger partial charge in [-0.3, -0.25) is 4.79 Å². The highest BCUT2D eigenvalue weighted by Gasteiger charge is 2.48. The molecule has 0 radical (unpaired) electrons. The van der Waals surface area contributed by atoms with Gasteiger partial charge in [0.2, 0.25) is 23.2 Å². The van der Waals surface area contributed by atoms with E-state index in [1.165, 1.54) is 7.11 Å². The molecule has 252 valence electrons. The Hall–Kier alpha value is -3.95. The SMILES string of the molecule is COc1c(O)cc(-c2oc3cc(O)cc(O)c3c(=O)c2O[C@@H]2O[C@H](CO[C@@H]3O[C@H](CO)[C@@H](O)[C@H](O)[C@H]3O)[C@@H](O)[C@H](O)[C@H]2O)cc1O. The molecule has 0 saturated carbocycles. The number of phenols is 4. The number of methoxy groups -OCH3 is 1. The van der Waals surface area contributed by atoms with Crippen molar-refractivity contribution in [2.45, 2.75) is 61.4 Å². The van der Waals surface area contributed by atoms with Crippen molar-refractivity contribution in [3.8, 4) is 45.8 Å². The lowest BCUT2D eigenvalue weighted by atomic mass is 9.98. The normalized spacial score (nSPS) is 31.6. The van der Waals surface area contributed by atoms with Crippen molar-refractivity contribution >= 4 is 11.0 Å². The zero-order chi connectivity index (χ0) is 33.6. The predicted octanol–water partition coefficient (Wildman–Crippen LogP) is -2.71. The lowest BCUT2D eigenvalue weighted by Crippen LogP contribution is -2.62.